The van der Waals surface area contributed by atoms with Crippen molar-refractivity contribution in [2.24, 2.45) is 0 Å². The number of hydrogen-bond acceptors (Lipinski definition) is 5. The fourth-order valence-corrected chi connectivity index (χ4v) is 4.24. The van der Waals surface area contributed by atoms with Crippen LogP contribution in [0.5, 0.6) is 0 Å². The quantitative estimate of drug-likeness (QED) is 0.446. The topological polar surface area (TPSA) is 80.1 Å². The second-order valence-corrected chi connectivity index (χ2v) is 8.27. The van der Waals surface area contributed by atoms with Crippen LogP contribution in [-0.4, -0.2) is 36.4 Å². The second-order valence-electron chi connectivity index (χ2n) is 6.56. The Morgan fingerprint density at radius 2 is 1.93 bits per heavy atom. The number of aromatic amines is 1. The first-order valence-electron chi connectivity index (χ1n) is 8.44. The minimum absolute atomic E-state index is 0.0626. The lowest BCUT2D eigenvalue weighted by Crippen LogP contribution is -2.16. The van der Waals surface area contributed by atoms with Gasteiger partial charge in [0.15, 0.2) is 22.4 Å². The Balaban J connectivity index is 1.95. The number of H-pyrrole nitrogens is 1. The fourth-order valence-electron chi connectivity index (χ4n) is 3.11. The standard InChI is InChI=1S/C18H16ClF3N4O2S/c1-7-13(9(3)27)8(2)23-14(7)15(28)10(4)29-17-25-24-16-12(19)5-11(6-26(16)17)18(20,21)22/h5-6,10,23H,1-4H3/t10-/m1/s1. The summed E-state index contributed by atoms with van der Waals surface area (Å²) in [7, 11) is 0. The first-order valence-corrected chi connectivity index (χ1v) is 9.70. The maximum Gasteiger partial charge on any atom is 0.417 e. The van der Waals surface area contributed by atoms with Crippen LogP contribution in [0.4, 0.5) is 13.2 Å². The molecule has 0 unspecified atom stereocenters. The van der Waals surface area contributed by atoms with E-state index in [2.05, 4.69) is 15.2 Å². The Kier molecular flexibility index (Phi) is 5.52. The molecule has 3 rings (SSSR count). The zero-order valence-electron chi connectivity index (χ0n) is 15.8. The summed E-state index contributed by atoms with van der Waals surface area (Å²) in [5.74, 6) is -0.466. The number of carbonyl (C=O) groups excluding carboxylic acids is 2. The average molecular weight is 445 g/mol. The summed E-state index contributed by atoms with van der Waals surface area (Å²) < 4.78 is 40.4. The molecule has 0 amide bonds. The van der Waals surface area contributed by atoms with Gasteiger partial charge in [-0.05, 0) is 39.3 Å². The molecule has 0 spiro atoms. The van der Waals surface area contributed by atoms with Gasteiger partial charge in [-0.3, -0.25) is 14.0 Å². The number of thioether (sulfide) groups is 1. The van der Waals surface area contributed by atoms with Crippen LogP contribution in [0.1, 0.15) is 51.5 Å². The van der Waals surface area contributed by atoms with E-state index in [1.807, 2.05) is 0 Å². The molecule has 11 heteroatoms. The molecular formula is C18H16ClF3N4O2S. The molecule has 29 heavy (non-hydrogen) atoms. The molecule has 0 aliphatic carbocycles. The van der Waals surface area contributed by atoms with Crippen molar-refractivity contribution in [2.75, 3.05) is 0 Å². The molecule has 0 saturated heterocycles. The average Bonchev–Trinajstić information content (AvgIpc) is 3.14. The van der Waals surface area contributed by atoms with Crippen LogP contribution >= 0.6 is 23.4 Å². The smallest absolute Gasteiger partial charge is 0.355 e. The third-order valence-corrected chi connectivity index (χ3v) is 5.78. The Bertz CT molecular complexity index is 1140. The summed E-state index contributed by atoms with van der Waals surface area (Å²) in [6.07, 6.45) is -3.74. The Labute approximate surface area is 172 Å². The van der Waals surface area contributed by atoms with E-state index < -0.39 is 17.0 Å². The van der Waals surface area contributed by atoms with E-state index in [1.54, 1.807) is 20.8 Å². The first kappa shape index (κ1) is 21.4. The lowest BCUT2D eigenvalue weighted by Gasteiger charge is -2.11. The van der Waals surface area contributed by atoms with Gasteiger partial charge in [0.25, 0.3) is 0 Å². The number of halogens is 4. The highest BCUT2D eigenvalue weighted by Gasteiger charge is 2.33. The number of nitrogens with zero attached hydrogens (tertiary/aromatic N) is 3. The number of pyridine rings is 1. The van der Waals surface area contributed by atoms with Crippen LogP contribution in [0.2, 0.25) is 5.02 Å². The summed E-state index contributed by atoms with van der Waals surface area (Å²) in [6.45, 7) is 6.39. The van der Waals surface area contributed by atoms with Gasteiger partial charge in [-0.1, -0.05) is 23.4 Å². The van der Waals surface area contributed by atoms with E-state index in [4.69, 9.17) is 11.6 Å². The number of rotatable bonds is 5. The van der Waals surface area contributed by atoms with Gasteiger partial charge in [-0.2, -0.15) is 13.2 Å². The van der Waals surface area contributed by atoms with Gasteiger partial charge >= 0.3 is 6.18 Å². The Hall–Kier alpha value is -2.33. The van der Waals surface area contributed by atoms with Gasteiger partial charge in [-0.15, -0.1) is 10.2 Å². The van der Waals surface area contributed by atoms with Crippen LogP contribution in [0.15, 0.2) is 17.4 Å². The van der Waals surface area contributed by atoms with E-state index in [1.165, 1.54) is 6.92 Å². The van der Waals surface area contributed by atoms with E-state index in [0.717, 1.165) is 28.4 Å². The van der Waals surface area contributed by atoms with Crippen molar-refractivity contribution in [3.05, 3.63) is 45.4 Å². The third kappa shape index (κ3) is 3.91. The molecule has 1 atom stereocenters. The van der Waals surface area contributed by atoms with E-state index in [9.17, 15) is 22.8 Å². The number of fused-ring (bicyclic) bond motifs is 1. The van der Waals surface area contributed by atoms with Crippen LogP contribution in [0.3, 0.4) is 0 Å². The van der Waals surface area contributed by atoms with Gasteiger partial charge < -0.3 is 4.98 Å². The van der Waals surface area contributed by atoms with Crippen molar-refractivity contribution in [2.45, 2.75) is 44.3 Å². The number of carbonyl (C=O) groups is 2. The highest BCUT2D eigenvalue weighted by atomic mass is 35.5. The summed E-state index contributed by atoms with van der Waals surface area (Å²) in [4.78, 5) is 27.6. The monoisotopic (exact) mass is 444 g/mol. The predicted molar refractivity (Wildman–Crippen MR) is 103 cm³/mol. The minimum Gasteiger partial charge on any atom is -0.355 e. The Morgan fingerprint density at radius 3 is 2.48 bits per heavy atom. The highest BCUT2D eigenvalue weighted by molar-refractivity contribution is 8.00. The maximum atomic E-state index is 13.1. The SMILES string of the molecule is CC(=O)c1c(C)[nH]c(C(=O)[C@@H](C)Sc2nnc3c(Cl)cc(C(F)(F)F)cn23)c1C. The molecule has 0 aliphatic heterocycles. The Morgan fingerprint density at radius 1 is 1.28 bits per heavy atom. The maximum absolute atomic E-state index is 13.1. The number of Topliss-reactive ketones (excluding diaryl/α,β-unsaturated/α-hetero) is 2. The number of alkyl halides is 3. The molecule has 0 aliphatic rings. The van der Waals surface area contributed by atoms with E-state index >= 15 is 0 Å². The molecule has 0 fully saturated rings. The molecule has 3 aromatic rings. The van der Waals surface area contributed by atoms with Gasteiger partial charge in [0, 0.05) is 17.5 Å². The van der Waals surface area contributed by atoms with Crippen molar-refractivity contribution < 1.29 is 22.8 Å². The predicted octanol–water partition coefficient (Wildman–Crippen LogP) is 4.91. The zero-order valence-corrected chi connectivity index (χ0v) is 17.4. The largest absolute Gasteiger partial charge is 0.417 e. The number of aromatic nitrogens is 4. The molecule has 3 aromatic heterocycles. The van der Waals surface area contributed by atoms with Crippen molar-refractivity contribution in [3.8, 4) is 0 Å². The summed E-state index contributed by atoms with van der Waals surface area (Å²) in [5.41, 5.74) is 0.992. The number of aryl methyl sites for hydroxylation is 1. The molecule has 0 saturated carbocycles. The number of hydrogen-bond donors (Lipinski definition) is 1. The van der Waals surface area contributed by atoms with Crippen molar-refractivity contribution >= 4 is 40.6 Å². The second kappa shape index (κ2) is 7.49. The molecule has 0 aromatic carbocycles. The van der Waals surface area contributed by atoms with E-state index in [-0.39, 0.29) is 33.1 Å². The summed E-state index contributed by atoms with van der Waals surface area (Å²) in [6, 6.07) is 0.781. The molecule has 0 bridgehead atoms. The van der Waals surface area contributed by atoms with Crippen LogP contribution in [0, 0.1) is 13.8 Å². The van der Waals surface area contributed by atoms with Crippen LogP contribution in [0.25, 0.3) is 5.65 Å². The van der Waals surface area contributed by atoms with Gasteiger partial charge in [0.1, 0.15) is 0 Å². The molecule has 154 valence electrons. The van der Waals surface area contributed by atoms with Gasteiger partial charge in [-0.25, -0.2) is 0 Å². The molecule has 3 heterocycles. The van der Waals surface area contributed by atoms with Crippen LogP contribution < -0.4 is 0 Å². The first-order chi connectivity index (χ1) is 13.4. The number of nitrogens with one attached hydrogen (secondary N) is 1. The normalized spacial score (nSPS) is 13.1. The lowest BCUT2D eigenvalue weighted by atomic mass is 10.0. The lowest BCUT2D eigenvalue weighted by molar-refractivity contribution is -0.137. The minimum atomic E-state index is -4.59. The molecule has 6 nitrogen and oxygen atoms in total. The van der Waals surface area contributed by atoms with Gasteiger partial charge in [0.05, 0.1) is 21.5 Å². The van der Waals surface area contributed by atoms with E-state index in [0.29, 0.717) is 16.8 Å². The van der Waals surface area contributed by atoms with Crippen molar-refractivity contribution in [1.29, 1.82) is 0 Å². The van der Waals surface area contributed by atoms with Crippen molar-refractivity contribution in [3.63, 3.8) is 0 Å². The number of ketones is 2. The molecular weight excluding hydrogens is 429 g/mol. The van der Waals surface area contributed by atoms with Gasteiger partial charge in [0.2, 0.25) is 0 Å². The summed E-state index contributed by atoms with van der Waals surface area (Å²) >= 11 is 6.86. The van der Waals surface area contributed by atoms with Crippen molar-refractivity contribution in [1.82, 2.24) is 19.6 Å². The summed E-state index contributed by atoms with van der Waals surface area (Å²) in [5, 5.41) is 6.89. The zero-order chi connectivity index (χ0) is 21.7. The van der Waals surface area contributed by atoms with Crippen LogP contribution in [-0.2, 0) is 6.18 Å². The molecule has 0 radical (unpaired) electrons. The molecule has 1 N–H and O–H groups in total. The fraction of sp³-hybridized carbons (Fsp3) is 0.333. The third-order valence-electron chi connectivity index (χ3n) is 4.44. The highest BCUT2D eigenvalue weighted by Crippen LogP contribution is 2.34.